The zero-order valence-electron chi connectivity index (χ0n) is 9.32. The van der Waals surface area contributed by atoms with Crippen molar-refractivity contribution in [1.29, 1.82) is 0 Å². The van der Waals surface area contributed by atoms with E-state index in [0.717, 1.165) is 25.6 Å². The predicted octanol–water partition coefficient (Wildman–Crippen LogP) is 0.361. The number of hydrogen-bond acceptors (Lipinski definition) is 4. The fourth-order valence-corrected chi connectivity index (χ4v) is 2.36. The van der Waals surface area contributed by atoms with Crippen molar-refractivity contribution in [3.8, 4) is 0 Å². The summed E-state index contributed by atoms with van der Waals surface area (Å²) >= 11 is 0. The molecule has 0 aromatic carbocycles. The molecule has 4 heteroatoms. The number of piperidine rings is 1. The number of likely N-dealkylation sites (tertiary alicyclic amines) is 1. The number of rotatable bonds is 3. The van der Waals surface area contributed by atoms with Gasteiger partial charge >= 0.3 is 5.97 Å². The van der Waals surface area contributed by atoms with E-state index >= 15 is 0 Å². The molecule has 0 aromatic heterocycles. The topological polar surface area (TPSA) is 55.6 Å². The van der Waals surface area contributed by atoms with Crippen LogP contribution in [0.4, 0.5) is 0 Å². The van der Waals surface area contributed by atoms with E-state index in [2.05, 4.69) is 4.90 Å². The number of ether oxygens (including phenoxy) is 1. The fourth-order valence-electron chi connectivity index (χ4n) is 2.36. The smallest absolute Gasteiger partial charge is 0.305 e. The average Bonchev–Trinajstić information content (AvgIpc) is 3.04. The molecule has 1 saturated heterocycles. The van der Waals surface area contributed by atoms with Crippen LogP contribution in [0.1, 0.15) is 25.7 Å². The van der Waals surface area contributed by atoms with Crippen LogP contribution >= 0.6 is 0 Å². The maximum absolute atomic E-state index is 11.2. The van der Waals surface area contributed by atoms with Crippen LogP contribution in [-0.2, 0) is 9.53 Å². The molecule has 15 heavy (non-hydrogen) atoms. The number of nitrogens with zero attached hydrogens (tertiary/aromatic N) is 1. The molecular weight excluding hydrogens is 192 g/mol. The van der Waals surface area contributed by atoms with Gasteiger partial charge in [-0.3, -0.25) is 9.69 Å². The number of nitrogens with two attached hydrogens (primary N) is 1. The van der Waals surface area contributed by atoms with Crippen LogP contribution in [-0.4, -0.2) is 43.2 Å². The van der Waals surface area contributed by atoms with Gasteiger partial charge in [-0.1, -0.05) is 0 Å². The molecule has 0 amide bonds. The van der Waals surface area contributed by atoms with Gasteiger partial charge in [0.15, 0.2) is 0 Å². The van der Waals surface area contributed by atoms with E-state index in [9.17, 15) is 4.79 Å². The molecule has 1 heterocycles. The van der Waals surface area contributed by atoms with Crippen LogP contribution in [0.25, 0.3) is 0 Å². The van der Waals surface area contributed by atoms with Crippen molar-refractivity contribution in [2.45, 2.75) is 37.8 Å². The van der Waals surface area contributed by atoms with Gasteiger partial charge in [0.2, 0.25) is 0 Å². The molecule has 2 atom stereocenters. The molecule has 2 unspecified atom stereocenters. The Hall–Kier alpha value is -0.610. The molecule has 4 nitrogen and oxygen atoms in total. The maximum Gasteiger partial charge on any atom is 0.305 e. The van der Waals surface area contributed by atoms with Gasteiger partial charge in [0.25, 0.3) is 0 Å². The Morgan fingerprint density at radius 2 is 2.20 bits per heavy atom. The number of esters is 1. The molecular formula is C11H20N2O2. The SMILES string of the molecule is COC(=O)CC1CN(C2CC2)CCC1N. The fraction of sp³-hybridized carbons (Fsp3) is 0.909. The van der Waals surface area contributed by atoms with Gasteiger partial charge in [0.1, 0.15) is 0 Å². The third-order valence-electron chi connectivity index (χ3n) is 3.54. The second-order valence-electron chi connectivity index (χ2n) is 4.72. The highest BCUT2D eigenvalue weighted by molar-refractivity contribution is 5.69. The minimum absolute atomic E-state index is 0.131. The lowest BCUT2D eigenvalue weighted by molar-refractivity contribution is -0.142. The van der Waals surface area contributed by atoms with Crippen molar-refractivity contribution >= 4 is 5.97 Å². The van der Waals surface area contributed by atoms with Gasteiger partial charge in [0.05, 0.1) is 13.5 Å². The number of carbonyl (C=O) groups excluding carboxylic acids is 1. The highest BCUT2D eigenvalue weighted by atomic mass is 16.5. The van der Waals surface area contributed by atoms with E-state index in [1.165, 1.54) is 20.0 Å². The lowest BCUT2D eigenvalue weighted by Crippen LogP contribution is -2.48. The van der Waals surface area contributed by atoms with Gasteiger partial charge in [-0.2, -0.15) is 0 Å². The van der Waals surface area contributed by atoms with E-state index in [0.29, 0.717) is 6.42 Å². The van der Waals surface area contributed by atoms with Crippen LogP contribution < -0.4 is 5.73 Å². The first kappa shape index (κ1) is 10.9. The van der Waals surface area contributed by atoms with Crippen LogP contribution in [0.5, 0.6) is 0 Å². The first-order chi connectivity index (χ1) is 7.20. The van der Waals surface area contributed by atoms with Crippen LogP contribution in [0.15, 0.2) is 0 Å². The molecule has 1 saturated carbocycles. The molecule has 1 aliphatic heterocycles. The predicted molar refractivity (Wildman–Crippen MR) is 57.3 cm³/mol. The van der Waals surface area contributed by atoms with Crippen molar-refractivity contribution in [3.63, 3.8) is 0 Å². The molecule has 2 aliphatic rings. The van der Waals surface area contributed by atoms with E-state index in [4.69, 9.17) is 10.5 Å². The second-order valence-corrected chi connectivity index (χ2v) is 4.72. The molecule has 0 bridgehead atoms. The lowest BCUT2D eigenvalue weighted by atomic mass is 9.90. The Balaban J connectivity index is 1.86. The molecule has 0 aromatic rings. The molecule has 0 radical (unpaired) electrons. The van der Waals surface area contributed by atoms with Crippen molar-refractivity contribution in [2.75, 3.05) is 20.2 Å². The summed E-state index contributed by atoms with van der Waals surface area (Å²) in [5.74, 6) is 0.153. The third kappa shape index (κ3) is 2.69. The quantitative estimate of drug-likeness (QED) is 0.686. The van der Waals surface area contributed by atoms with E-state index in [1.54, 1.807) is 0 Å². The highest BCUT2D eigenvalue weighted by Gasteiger charge is 2.36. The highest BCUT2D eigenvalue weighted by Crippen LogP contribution is 2.31. The summed E-state index contributed by atoms with van der Waals surface area (Å²) in [6.45, 7) is 2.07. The van der Waals surface area contributed by atoms with Crippen LogP contribution in [0, 0.1) is 5.92 Å². The summed E-state index contributed by atoms with van der Waals surface area (Å²) in [5, 5.41) is 0. The Labute approximate surface area is 90.8 Å². The summed E-state index contributed by atoms with van der Waals surface area (Å²) in [5.41, 5.74) is 6.03. The molecule has 1 aliphatic carbocycles. The van der Waals surface area contributed by atoms with Gasteiger partial charge in [-0.15, -0.1) is 0 Å². The van der Waals surface area contributed by atoms with Crippen LogP contribution in [0.3, 0.4) is 0 Å². The number of carbonyl (C=O) groups is 1. The zero-order chi connectivity index (χ0) is 10.8. The Morgan fingerprint density at radius 3 is 2.80 bits per heavy atom. The second kappa shape index (κ2) is 4.49. The van der Waals surface area contributed by atoms with E-state index in [1.807, 2.05) is 0 Å². The Kier molecular flexibility index (Phi) is 3.26. The molecule has 86 valence electrons. The van der Waals surface area contributed by atoms with Crippen molar-refractivity contribution in [3.05, 3.63) is 0 Å². The van der Waals surface area contributed by atoms with Crippen molar-refractivity contribution < 1.29 is 9.53 Å². The summed E-state index contributed by atoms with van der Waals surface area (Å²) in [4.78, 5) is 13.7. The minimum atomic E-state index is -0.131. The zero-order valence-corrected chi connectivity index (χ0v) is 9.32. The molecule has 2 fully saturated rings. The minimum Gasteiger partial charge on any atom is -0.469 e. The Morgan fingerprint density at radius 1 is 1.47 bits per heavy atom. The summed E-state index contributed by atoms with van der Waals surface area (Å²) in [6, 6.07) is 0.941. The summed E-state index contributed by atoms with van der Waals surface area (Å²) in [7, 11) is 1.44. The number of methoxy groups -OCH3 is 1. The first-order valence-corrected chi connectivity index (χ1v) is 5.77. The molecule has 2 N–H and O–H groups in total. The average molecular weight is 212 g/mol. The van der Waals surface area contributed by atoms with Crippen LogP contribution in [0.2, 0.25) is 0 Å². The monoisotopic (exact) mass is 212 g/mol. The van der Waals surface area contributed by atoms with Crippen molar-refractivity contribution in [2.24, 2.45) is 11.7 Å². The van der Waals surface area contributed by atoms with Gasteiger partial charge < -0.3 is 10.5 Å². The molecule has 2 rings (SSSR count). The largest absolute Gasteiger partial charge is 0.469 e. The lowest BCUT2D eigenvalue weighted by Gasteiger charge is -2.36. The maximum atomic E-state index is 11.2. The first-order valence-electron chi connectivity index (χ1n) is 5.77. The Bertz CT molecular complexity index is 241. The van der Waals surface area contributed by atoms with Gasteiger partial charge in [0, 0.05) is 18.6 Å². The van der Waals surface area contributed by atoms with E-state index < -0.39 is 0 Å². The summed E-state index contributed by atoms with van der Waals surface area (Å²) < 4.78 is 4.70. The van der Waals surface area contributed by atoms with Gasteiger partial charge in [-0.05, 0) is 31.7 Å². The summed E-state index contributed by atoms with van der Waals surface area (Å²) in [6.07, 6.45) is 4.12. The van der Waals surface area contributed by atoms with Gasteiger partial charge in [-0.25, -0.2) is 0 Å². The third-order valence-corrected chi connectivity index (χ3v) is 3.54. The molecule has 0 spiro atoms. The van der Waals surface area contributed by atoms with E-state index in [-0.39, 0.29) is 17.9 Å². The number of hydrogen-bond donors (Lipinski definition) is 1. The standard InChI is InChI=1S/C11H20N2O2/c1-15-11(14)6-8-7-13(9-2-3-9)5-4-10(8)12/h8-10H,2-7,12H2,1H3. The normalized spacial score (nSPS) is 32.7. The van der Waals surface area contributed by atoms with Crippen molar-refractivity contribution in [1.82, 2.24) is 4.90 Å².